The highest BCUT2D eigenvalue weighted by Gasteiger charge is 2.46. The van der Waals surface area contributed by atoms with Gasteiger partial charge in [0.1, 0.15) is 0 Å². The van der Waals surface area contributed by atoms with Crippen LogP contribution in [0.1, 0.15) is 63.1 Å². The second kappa shape index (κ2) is 5.98. The van der Waals surface area contributed by atoms with Crippen LogP contribution in [0.25, 0.3) is 0 Å². The summed E-state index contributed by atoms with van der Waals surface area (Å²) in [6, 6.07) is 0. The van der Waals surface area contributed by atoms with E-state index in [-0.39, 0.29) is 0 Å². The monoisotopic (exact) mass is 307 g/mol. The van der Waals surface area contributed by atoms with Crippen molar-refractivity contribution >= 4 is 11.3 Å². The third-order valence-corrected chi connectivity index (χ3v) is 6.68. The summed E-state index contributed by atoms with van der Waals surface area (Å²) < 4.78 is 0. The van der Waals surface area contributed by atoms with Crippen LogP contribution in [0.2, 0.25) is 0 Å². The molecule has 1 saturated heterocycles. The summed E-state index contributed by atoms with van der Waals surface area (Å²) in [5.74, 6) is 0. The van der Waals surface area contributed by atoms with Crippen molar-refractivity contribution in [1.29, 1.82) is 0 Å². The topological polar surface area (TPSA) is 28.2 Å². The highest BCUT2D eigenvalue weighted by atomic mass is 32.1. The Balaban J connectivity index is 1.82. The zero-order valence-electron chi connectivity index (χ0n) is 13.7. The van der Waals surface area contributed by atoms with Crippen molar-refractivity contribution in [1.82, 2.24) is 15.2 Å². The molecule has 2 aliphatic rings. The first-order valence-electron chi connectivity index (χ1n) is 8.52. The Morgan fingerprint density at radius 3 is 2.57 bits per heavy atom. The summed E-state index contributed by atoms with van der Waals surface area (Å²) >= 11 is 1.78. The van der Waals surface area contributed by atoms with Gasteiger partial charge in [0.2, 0.25) is 0 Å². The lowest BCUT2D eigenvalue weighted by Gasteiger charge is -2.53. The van der Waals surface area contributed by atoms with Crippen LogP contribution in [0.15, 0.2) is 5.38 Å². The Morgan fingerprint density at radius 2 is 2.00 bits per heavy atom. The maximum absolute atomic E-state index is 4.71. The smallest absolute Gasteiger partial charge is 0.0897 e. The lowest BCUT2D eigenvalue weighted by atomic mass is 9.82. The zero-order chi connectivity index (χ0) is 14.9. The van der Waals surface area contributed by atoms with Gasteiger partial charge in [0.05, 0.1) is 10.7 Å². The van der Waals surface area contributed by atoms with Crippen molar-refractivity contribution in [2.75, 3.05) is 13.1 Å². The first-order chi connectivity index (χ1) is 10.1. The highest BCUT2D eigenvalue weighted by molar-refractivity contribution is 7.09. The molecule has 2 heterocycles. The molecule has 118 valence electrons. The molecule has 0 radical (unpaired) electrons. The standard InChI is InChI=1S/C17H29N3S/c1-4-17(5-2)12-18-16(8-6-7-9-16)13-20(17)10-15-11-21-14(3)19-15/h11,18H,4-10,12-13H2,1-3H3. The van der Waals surface area contributed by atoms with E-state index in [9.17, 15) is 0 Å². The fraction of sp³-hybridized carbons (Fsp3) is 0.824. The van der Waals surface area contributed by atoms with Crippen molar-refractivity contribution in [3.05, 3.63) is 16.1 Å². The van der Waals surface area contributed by atoms with Gasteiger partial charge >= 0.3 is 0 Å². The molecule has 1 aromatic heterocycles. The second-order valence-corrected chi connectivity index (χ2v) is 8.05. The SMILES string of the molecule is CCC1(CC)CNC2(CCCC2)CN1Cc1csc(C)n1. The van der Waals surface area contributed by atoms with Gasteiger partial charge < -0.3 is 5.32 Å². The largest absolute Gasteiger partial charge is 0.308 e. The second-order valence-electron chi connectivity index (χ2n) is 6.99. The number of aromatic nitrogens is 1. The Kier molecular flexibility index (Phi) is 4.40. The molecule has 1 saturated carbocycles. The molecule has 3 rings (SSSR count). The number of hydrogen-bond acceptors (Lipinski definition) is 4. The van der Waals surface area contributed by atoms with E-state index in [0.29, 0.717) is 11.1 Å². The van der Waals surface area contributed by atoms with E-state index in [0.717, 1.165) is 13.1 Å². The molecule has 1 aliphatic carbocycles. The Morgan fingerprint density at radius 1 is 1.29 bits per heavy atom. The number of nitrogens with zero attached hydrogens (tertiary/aromatic N) is 2. The maximum atomic E-state index is 4.71. The average molecular weight is 308 g/mol. The van der Waals surface area contributed by atoms with Crippen LogP contribution in [0.4, 0.5) is 0 Å². The maximum Gasteiger partial charge on any atom is 0.0897 e. The lowest BCUT2D eigenvalue weighted by Crippen LogP contribution is -2.68. The molecule has 0 bridgehead atoms. The zero-order valence-corrected chi connectivity index (χ0v) is 14.6. The van der Waals surface area contributed by atoms with E-state index in [1.807, 2.05) is 0 Å². The summed E-state index contributed by atoms with van der Waals surface area (Å²) in [4.78, 5) is 7.46. The van der Waals surface area contributed by atoms with Gasteiger partial charge in [-0.15, -0.1) is 11.3 Å². The molecular formula is C17H29N3S. The average Bonchev–Trinajstić information content (AvgIpc) is 3.10. The van der Waals surface area contributed by atoms with Gasteiger partial charge in [0, 0.05) is 36.1 Å². The Bertz CT molecular complexity index is 472. The lowest BCUT2D eigenvalue weighted by molar-refractivity contribution is -0.00722. The molecule has 1 spiro atoms. The number of nitrogens with one attached hydrogen (secondary N) is 1. The molecule has 21 heavy (non-hydrogen) atoms. The summed E-state index contributed by atoms with van der Waals surface area (Å²) in [7, 11) is 0. The number of hydrogen-bond donors (Lipinski definition) is 1. The first-order valence-corrected chi connectivity index (χ1v) is 9.40. The van der Waals surface area contributed by atoms with Crippen LogP contribution >= 0.6 is 11.3 Å². The minimum Gasteiger partial charge on any atom is -0.308 e. The predicted octanol–water partition coefficient (Wildman–Crippen LogP) is 3.73. The molecule has 4 heteroatoms. The highest BCUT2D eigenvalue weighted by Crippen LogP contribution is 2.38. The van der Waals surface area contributed by atoms with Gasteiger partial charge in [-0.05, 0) is 32.6 Å². The van der Waals surface area contributed by atoms with E-state index in [1.165, 1.54) is 55.8 Å². The number of aryl methyl sites for hydroxylation is 1. The van der Waals surface area contributed by atoms with Crippen LogP contribution in [-0.4, -0.2) is 34.1 Å². The minimum atomic E-state index is 0.311. The van der Waals surface area contributed by atoms with E-state index in [2.05, 4.69) is 36.4 Å². The minimum absolute atomic E-state index is 0.311. The molecule has 2 fully saturated rings. The molecule has 0 unspecified atom stereocenters. The van der Waals surface area contributed by atoms with Crippen molar-refractivity contribution < 1.29 is 0 Å². The van der Waals surface area contributed by atoms with Gasteiger partial charge in [-0.25, -0.2) is 4.98 Å². The van der Waals surface area contributed by atoms with Crippen molar-refractivity contribution in [3.63, 3.8) is 0 Å². The van der Waals surface area contributed by atoms with Crippen LogP contribution in [0.3, 0.4) is 0 Å². The van der Waals surface area contributed by atoms with Gasteiger partial charge in [0.25, 0.3) is 0 Å². The molecule has 1 aliphatic heterocycles. The summed E-state index contributed by atoms with van der Waals surface area (Å²) in [6.07, 6.45) is 7.92. The molecule has 3 nitrogen and oxygen atoms in total. The van der Waals surface area contributed by atoms with Crippen LogP contribution in [-0.2, 0) is 6.54 Å². The number of piperazine rings is 1. The Hall–Kier alpha value is -0.450. The van der Waals surface area contributed by atoms with Crippen LogP contribution in [0, 0.1) is 6.92 Å². The molecule has 1 N–H and O–H groups in total. The quantitative estimate of drug-likeness (QED) is 0.918. The fourth-order valence-corrected chi connectivity index (χ4v) is 4.89. The van der Waals surface area contributed by atoms with Gasteiger partial charge in [-0.3, -0.25) is 4.90 Å². The van der Waals surface area contributed by atoms with Crippen molar-refractivity contribution in [2.45, 2.75) is 76.9 Å². The molecular weight excluding hydrogens is 278 g/mol. The molecule has 0 aromatic carbocycles. The number of rotatable bonds is 4. The first kappa shape index (κ1) is 15.4. The molecule has 0 atom stereocenters. The summed E-state index contributed by atoms with van der Waals surface area (Å²) in [6.45, 7) is 10.2. The number of thiazole rings is 1. The van der Waals surface area contributed by atoms with Crippen LogP contribution < -0.4 is 5.32 Å². The van der Waals surface area contributed by atoms with E-state index >= 15 is 0 Å². The van der Waals surface area contributed by atoms with Crippen LogP contribution in [0.5, 0.6) is 0 Å². The third-order valence-electron chi connectivity index (χ3n) is 5.85. The Labute approximate surface area is 133 Å². The van der Waals surface area contributed by atoms with Crippen molar-refractivity contribution in [3.8, 4) is 0 Å². The van der Waals surface area contributed by atoms with Gasteiger partial charge in [-0.2, -0.15) is 0 Å². The summed E-state index contributed by atoms with van der Waals surface area (Å²) in [5, 5.41) is 7.38. The normalized spacial score (nSPS) is 24.7. The summed E-state index contributed by atoms with van der Waals surface area (Å²) in [5.41, 5.74) is 1.96. The molecule has 0 amide bonds. The third kappa shape index (κ3) is 2.90. The fourth-order valence-electron chi connectivity index (χ4n) is 4.29. The van der Waals surface area contributed by atoms with E-state index < -0.39 is 0 Å². The van der Waals surface area contributed by atoms with Gasteiger partial charge in [0.15, 0.2) is 0 Å². The predicted molar refractivity (Wildman–Crippen MR) is 89.8 cm³/mol. The van der Waals surface area contributed by atoms with E-state index in [1.54, 1.807) is 11.3 Å². The van der Waals surface area contributed by atoms with E-state index in [4.69, 9.17) is 4.98 Å². The van der Waals surface area contributed by atoms with Gasteiger partial charge in [-0.1, -0.05) is 26.7 Å². The van der Waals surface area contributed by atoms with Crippen molar-refractivity contribution in [2.24, 2.45) is 0 Å². The molecule has 1 aromatic rings.